The molecule has 33 heavy (non-hydrogen) atoms. The highest BCUT2D eigenvalue weighted by Crippen LogP contribution is 2.26. The molecule has 0 aliphatic carbocycles. The molecule has 6 aromatic rings. The molecule has 0 aliphatic rings. The van der Waals surface area contributed by atoms with Gasteiger partial charge in [-0.25, -0.2) is 4.52 Å². The topological polar surface area (TPSA) is 80.9 Å². The summed E-state index contributed by atoms with van der Waals surface area (Å²) < 4.78 is 3.30. The first-order valence-corrected chi connectivity index (χ1v) is 11.1. The summed E-state index contributed by atoms with van der Waals surface area (Å²) in [5, 5.41) is 15.4. The number of nitrogens with zero attached hydrogens (tertiary/aromatic N) is 5. The molecule has 0 radical (unpaired) electrons. The second-order valence-corrected chi connectivity index (χ2v) is 8.68. The van der Waals surface area contributed by atoms with Gasteiger partial charge in [-0.3, -0.25) is 4.79 Å². The van der Waals surface area contributed by atoms with E-state index in [-0.39, 0.29) is 11.1 Å². The van der Waals surface area contributed by atoms with E-state index >= 15 is 0 Å². The number of aryl methyl sites for hydroxylation is 2. The van der Waals surface area contributed by atoms with Crippen LogP contribution in [0.5, 0.6) is 0 Å². The molecule has 0 saturated heterocycles. The molecular weight excluding hydrogens is 459 g/mol. The number of rotatable bonds is 4. The standard InChI is InChI=1S/C24H16Cl2N6O/c25-16-3-1-14(2-4-16)19-13-28-32-21-8-10-31(24(33)22(21)29-30-23(19)32)9-7-15-12-27-20-6-5-17(26)11-18(15)20/h1-6,8,10-13,27H,7,9H2. The highest BCUT2D eigenvalue weighted by molar-refractivity contribution is 6.31. The van der Waals surface area contributed by atoms with Gasteiger partial charge in [-0.05, 0) is 53.9 Å². The molecule has 2 aromatic carbocycles. The van der Waals surface area contributed by atoms with Crippen molar-refractivity contribution in [2.45, 2.75) is 13.0 Å². The number of hydrogen-bond acceptors (Lipinski definition) is 4. The number of pyridine rings is 1. The third-order valence-electron chi connectivity index (χ3n) is 5.84. The number of aromatic amines is 1. The highest BCUT2D eigenvalue weighted by atomic mass is 35.5. The van der Waals surface area contributed by atoms with Crippen LogP contribution in [0.25, 0.3) is 38.7 Å². The summed E-state index contributed by atoms with van der Waals surface area (Å²) in [6.07, 6.45) is 6.12. The van der Waals surface area contributed by atoms with E-state index in [1.807, 2.05) is 54.7 Å². The quantitative estimate of drug-likeness (QED) is 0.383. The van der Waals surface area contributed by atoms with Gasteiger partial charge in [0.25, 0.3) is 5.56 Å². The molecule has 0 saturated carbocycles. The van der Waals surface area contributed by atoms with E-state index in [1.165, 1.54) is 0 Å². The van der Waals surface area contributed by atoms with Gasteiger partial charge in [0.1, 0.15) is 5.52 Å². The van der Waals surface area contributed by atoms with Gasteiger partial charge in [-0.1, -0.05) is 35.3 Å². The van der Waals surface area contributed by atoms with Crippen molar-refractivity contribution in [3.8, 4) is 11.1 Å². The maximum atomic E-state index is 13.1. The fourth-order valence-corrected chi connectivity index (χ4v) is 4.44. The molecule has 162 valence electrons. The molecule has 0 aliphatic heterocycles. The monoisotopic (exact) mass is 474 g/mol. The Bertz CT molecular complexity index is 1720. The van der Waals surface area contributed by atoms with E-state index in [0.717, 1.165) is 27.6 Å². The molecule has 7 nitrogen and oxygen atoms in total. The normalized spacial score (nSPS) is 11.7. The third-order valence-corrected chi connectivity index (χ3v) is 6.33. The van der Waals surface area contributed by atoms with Gasteiger partial charge in [-0.15, -0.1) is 10.2 Å². The number of halogens is 2. The Hall–Kier alpha value is -3.68. The van der Waals surface area contributed by atoms with E-state index < -0.39 is 0 Å². The summed E-state index contributed by atoms with van der Waals surface area (Å²) in [6.45, 7) is 0.503. The van der Waals surface area contributed by atoms with Crippen LogP contribution in [-0.4, -0.2) is 29.4 Å². The Morgan fingerprint density at radius 3 is 2.64 bits per heavy atom. The average molecular weight is 475 g/mol. The highest BCUT2D eigenvalue weighted by Gasteiger charge is 2.14. The van der Waals surface area contributed by atoms with Crippen molar-refractivity contribution in [3.05, 3.63) is 93.1 Å². The first-order valence-electron chi connectivity index (χ1n) is 10.3. The molecule has 0 atom stereocenters. The van der Waals surface area contributed by atoms with Crippen molar-refractivity contribution in [1.82, 2.24) is 29.4 Å². The third kappa shape index (κ3) is 3.37. The summed E-state index contributed by atoms with van der Waals surface area (Å²) in [4.78, 5) is 16.4. The maximum absolute atomic E-state index is 13.1. The number of aromatic nitrogens is 6. The van der Waals surface area contributed by atoms with E-state index in [9.17, 15) is 4.79 Å². The molecule has 9 heteroatoms. The predicted molar refractivity (Wildman–Crippen MR) is 130 cm³/mol. The number of fused-ring (bicyclic) bond motifs is 4. The molecule has 1 N–H and O–H groups in total. The lowest BCUT2D eigenvalue weighted by Crippen LogP contribution is -2.22. The van der Waals surface area contributed by atoms with Gasteiger partial charge in [0, 0.05) is 45.5 Å². The summed E-state index contributed by atoms with van der Waals surface area (Å²) >= 11 is 12.2. The lowest BCUT2D eigenvalue weighted by atomic mass is 10.1. The molecule has 0 fully saturated rings. The average Bonchev–Trinajstić information content (AvgIpc) is 3.43. The minimum Gasteiger partial charge on any atom is -0.361 e. The Labute approximate surface area is 197 Å². The van der Waals surface area contributed by atoms with E-state index in [2.05, 4.69) is 20.3 Å². The second-order valence-electron chi connectivity index (χ2n) is 7.80. The zero-order valence-corrected chi connectivity index (χ0v) is 18.7. The zero-order chi connectivity index (χ0) is 22.5. The van der Waals surface area contributed by atoms with Crippen LogP contribution in [-0.2, 0) is 13.0 Å². The van der Waals surface area contributed by atoms with E-state index in [1.54, 1.807) is 21.5 Å². The number of hydrogen-bond donors (Lipinski definition) is 1. The molecule has 0 amide bonds. The van der Waals surface area contributed by atoms with Crippen molar-refractivity contribution in [2.75, 3.05) is 0 Å². The van der Waals surface area contributed by atoms with Crippen LogP contribution < -0.4 is 5.56 Å². The van der Waals surface area contributed by atoms with Crippen LogP contribution in [0.4, 0.5) is 0 Å². The number of H-pyrrole nitrogens is 1. The van der Waals surface area contributed by atoms with Gasteiger partial charge in [0.15, 0.2) is 11.2 Å². The van der Waals surface area contributed by atoms with Crippen LogP contribution in [0.2, 0.25) is 10.0 Å². The predicted octanol–water partition coefficient (Wildman–Crippen LogP) is 5.14. The Kier molecular flexibility index (Phi) is 4.67. The number of nitrogens with one attached hydrogen (secondary N) is 1. The second kappa shape index (κ2) is 7.72. The summed E-state index contributed by atoms with van der Waals surface area (Å²) in [5.74, 6) is 0. The van der Waals surface area contributed by atoms with Crippen molar-refractivity contribution in [1.29, 1.82) is 0 Å². The number of benzene rings is 2. The van der Waals surface area contributed by atoms with Crippen molar-refractivity contribution >= 4 is 50.8 Å². The van der Waals surface area contributed by atoms with Crippen molar-refractivity contribution < 1.29 is 0 Å². The lowest BCUT2D eigenvalue weighted by molar-refractivity contribution is 0.674. The van der Waals surface area contributed by atoms with Gasteiger partial charge >= 0.3 is 0 Å². The zero-order valence-electron chi connectivity index (χ0n) is 17.2. The van der Waals surface area contributed by atoms with Crippen molar-refractivity contribution in [3.63, 3.8) is 0 Å². The summed E-state index contributed by atoms with van der Waals surface area (Å²) in [7, 11) is 0. The molecule has 4 heterocycles. The van der Waals surface area contributed by atoms with Crippen LogP contribution in [0.15, 0.2) is 71.9 Å². The maximum Gasteiger partial charge on any atom is 0.280 e. The fourth-order valence-electron chi connectivity index (χ4n) is 4.14. The van der Waals surface area contributed by atoms with E-state index in [4.69, 9.17) is 23.2 Å². The van der Waals surface area contributed by atoms with E-state index in [0.29, 0.717) is 34.2 Å². The Morgan fingerprint density at radius 1 is 0.970 bits per heavy atom. The van der Waals surface area contributed by atoms with Crippen LogP contribution in [0, 0.1) is 0 Å². The summed E-state index contributed by atoms with van der Waals surface area (Å²) in [5.41, 5.74) is 5.13. The van der Waals surface area contributed by atoms with Gasteiger partial charge in [0.05, 0.1) is 6.20 Å². The molecule has 4 aromatic heterocycles. The summed E-state index contributed by atoms with van der Waals surface area (Å²) in [6, 6.07) is 15.0. The first-order chi connectivity index (χ1) is 16.1. The molecular formula is C24H16Cl2N6O. The van der Waals surface area contributed by atoms with Crippen molar-refractivity contribution in [2.24, 2.45) is 0 Å². The van der Waals surface area contributed by atoms with Gasteiger partial charge < -0.3 is 9.55 Å². The largest absolute Gasteiger partial charge is 0.361 e. The minimum absolute atomic E-state index is 0.205. The first kappa shape index (κ1) is 20.0. The molecule has 0 spiro atoms. The Morgan fingerprint density at radius 2 is 1.79 bits per heavy atom. The van der Waals surface area contributed by atoms with Gasteiger partial charge in [-0.2, -0.15) is 5.10 Å². The molecule has 0 bridgehead atoms. The SMILES string of the molecule is O=c1c2nnc3c(-c4ccc(Cl)cc4)cnn3c2ccn1CCc1c[nH]c2ccc(Cl)cc12. The molecule has 6 rings (SSSR count). The van der Waals surface area contributed by atoms with Gasteiger partial charge in [0.2, 0.25) is 0 Å². The molecule has 0 unspecified atom stereocenters. The minimum atomic E-state index is -0.205. The lowest BCUT2D eigenvalue weighted by Gasteiger charge is -2.07. The smallest absolute Gasteiger partial charge is 0.280 e. The van der Waals surface area contributed by atoms with Crippen LogP contribution in [0.1, 0.15) is 5.56 Å². The fraction of sp³-hybridized carbons (Fsp3) is 0.0833. The Balaban J connectivity index is 1.37. The van der Waals surface area contributed by atoms with Crippen LogP contribution >= 0.6 is 23.2 Å². The van der Waals surface area contributed by atoms with Crippen LogP contribution in [0.3, 0.4) is 0 Å².